The third kappa shape index (κ3) is 2.35. The lowest BCUT2D eigenvalue weighted by atomic mass is 10.1. The number of fused-ring (bicyclic) bond motifs is 2. The molecule has 0 bridgehead atoms. The van der Waals surface area contributed by atoms with Crippen LogP contribution >= 0.6 is 0 Å². The number of unbranched alkanes of at least 4 members (excludes halogenated alkanes) is 1. The fourth-order valence-corrected chi connectivity index (χ4v) is 2.95. The Morgan fingerprint density at radius 2 is 1.71 bits per heavy atom. The summed E-state index contributed by atoms with van der Waals surface area (Å²) in [6, 6.07) is 14.2. The highest BCUT2D eigenvalue weighted by Gasteiger charge is 2.10. The maximum atomic E-state index is 12.7. The fraction of sp³-hybridized carbons (Fsp3) is 0.316. The molecular formula is C19H21NO. The first-order valence-corrected chi connectivity index (χ1v) is 7.80. The van der Waals surface area contributed by atoms with Gasteiger partial charge in [-0.3, -0.25) is 4.79 Å². The zero-order valence-corrected chi connectivity index (χ0v) is 12.7. The minimum atomic E-state index is 0.149. The summed E-state index contributed by atoms with van der Waals surface area (Å²) in [6.07, 6.45) is 3.26. The van der Waals surface area contributed by atoms with Crippen molar-refractivity contribution in [1.82, 2.24) is 4.57 Å². The summed E-state index contributed by atoms with van der Waals surface area (Å²) in [5, 5.41) is 1.66. The highest BCUT2D eigenvalue weighted by Crippen LogP contribution is 2.21. The van der Waals surface area contributed by atoms with Crippen LogP contribution < -0.4 is 5.43 Å². The summed E-state index contributed by atoms with van der Waals surface area (Å²) in [6.45, 7) is 5.31. The van der Waals surface area contributed by atoms with Crippen molar-refractivity contribution in [3.8, 4) is 0 Å². The van der Waals surface area contributed by atoms with E-state index in [2.05, 4.69) is 36.6 Å². The molecule has 0 radical (unpaired) electrons. The molecule has 3 rings (SSSR count). The van der Waals surface area contributed by atoms with Crippen molar-refractivity contribution in [2.45, 2.75) is 39.7 Å². The third-order valence-electron chi connectivity index (χ3n) is 4.18. The molecule has 2 nitrogen and oxygen atoms in total. The van der Waals surface area contributed by atoms with Crippen molar-refractivity contribution in [1.29, 1.82) is 0 Å². The summed E-state index contributed by atoms with van der Waals surface area (Å²) in [5.74, 6) is 0. The van der Waals surface area contributed by atoms with Crippen LogP contribution in [0.2, 0.25) is 0 Å². The Balaban J connectivity index is 2.43. The molecule has 0 unspecified atom stereocenters. The molecular weight excluding hydrogens is 258 g/mol. The largest absolute Gasteiger partial charge is 0.340 e. The van der Waals surface area contributed by atoms with Gasteiger partial charge in [0.15, 0.2) is 5.43 Å². The van der Waals surface area contributed by atoms with E-state index in [1.165, 1.54) is 5.56 Å². The second-order valence-electron chi connectivity index (χ2n) is 5.56. The van der Waals surface area contributed by atoms with E-state index in [-0.39, 0.29) is 5.43 Å². The first kappa shape index (κ1) is 13.9. The van der Waals surface area contributed by atoms with Crippen LogP contribution in [0.1, 0.15) is 32.3 Å². The van der Waals surface area contributed by atoms with E-state index in [9.17, 15) is 4.79 Å². The van der Waals surface area contributed by atoms with Gasteiger partial charge < -0.3 is 4.57 Å². The number of nitrogens with zero attached hydrogens (tertiary/aromatic N) is 1. The second-order valence-corrected chi connectivity index (χ2v) is 5.56. The molecule has 0 atom stereocenters. The standard InChI is InChI=1S/C19H21NO/c1-3-5-12-20-17-9-7-6-8-15(17)19(21)16-11-10-14(4-2)13-18(16)20/h6-11,13H,3-5,12H2,1-2H3. The molecule has 1 heterocycles. The van der Waals surface area contributed by atoms with E-state index in [1.807, 2.05) is 24.3 Å². The zero-order valence-electron chi connectivity index (χ0n) is 12.7. The van der Waals surface area contributed by atoms with Crippen molar-refractivity contribution in [2.24, 2.45) is 0 Å². The van der Waals surface area contributed by atoms with E-state index in [0.29, 0.717) is 0 Å². The summed E-state index contributed by atoms with van der Waals surface area (Å²) in [4.78, 5) is 12.7. The lowest BCUT2D eigenvalue weighted by Gasteiger charge is -2.15. The van der Waals surface area contributed by atoms with Crippen molar-refractivity contribution in [2.75, 3.05) is 0 Å². The minimum absolute atomic E-state index is 0.149. The number of hydrogen-bond donors (Lipinski definition) is 0. The molecule has 0 fully saturated rings. The minimum Gasteiger partial charge on any atom is -0.340 e. The van der Waals surface area contributed by atoms with Crippen molar-refractivity contribution in [3.63, 3.8) is 0 Å². The van der Waals surface area contributed by atoms with Gasteiger partial charge in [0.2, 0.25) is 0 Å². The Morgan fingerprint density at radius 3 is 2.48 bits per heavy atom. The Kier molecular flexibility index (Phi) is 3.78. The molecule has 0 saturated carbocycles. The normalized spacial score (nSPS) is 11.3. The van der Waals surface area contributed by atoms with Gasteiger partial charge in [0, 0.05) is 17.3 Å². The SMILES string of the molecule is CCCCn1c2ccccc2c(=O)c2ccc(CC)cc21. The number of aromatic nitrogens is 1. The topological polar surface area (TPSA) is 22.0 Å². The predicted molar refractivity (Wildman–Crippen MR) is 90.0 cm³/mol. The average Bonchev–Trinajstić information content (AvgIpc) is 2.54. The zero-order chi connectivity index (χ0) is 14.8. The Labute approximate surface area is 125 Å². The molecule has 0 N–H and O–H groups in total. The first-order valence-electron chi connectivity index (χ1n) is 7.80. The molecule has 0 spiro atoms. The van der Waals surface area contributed by atoms with Crippen LogP contribution in [0, 0.1) is 0 Å². The van der Waals surface area contributed by atoms with Crippen molar-refractivity contribution >= 4 is 21.8 Å². The summed E-state index contributed by atoms with van der Waals surface area (Å²) in [5.41, 5.74) is 3.56. The van der Waals surface area contributed by atoms with Crippen molar-refractivity contribution < 1.29 is 0 Å². The molecule has 1 aromatic heterocycles. The van der Waals surface area contributed by atoms with E-state index in [4.69, 9.17) is 0 Å². The van der Waals surface area contributed by atoms with Gasteiger partial charge in [0.1, 0.15) is 0 Å². The highest BCUT2D eigenvalue weighted by atomic mass is 16.1. The van der Waals surface area contributed by atoms with Crippen LogP contribution in [-0.2, 0) is 13.0 Å². The van der Waals surface area contributed by atoms with Crippen LogP contribution in [-0.4, -0.2) is 4.57 Å². The van der Waals surface area contributed by atoms with Crippen LogP contribution in [0.5, 0.6) is 0 Å². The quantitative estimate of drug-likeness (QED) is 0.644. The smallest absolute Gasteiger partial charge is 0.197 e. The number of pyridine rings is 1. The molecule has 2 aromatic carbocycles. The van der Waals surface area contributed by atoms with E-state index < -0.39 is 0 Å². The molecule has 0 saturated heterocycles. The van der Waals surface area contributed by atoms with Crippen LogP contribution in [0.4, 0.5) is 0 Å². The predicted octanol–water partition coefficient (Wildman–Crippen LogP) is 4.52. The van der Waals surface area contributed by atoms with Gasteiger partial charge in [-0.15, -0.1) is 0 Å². The fourth-order valence-electron chi connectivity index (χ4n) is 2.95. The third-order valence-corrected chi connectivity index (χ3v) is 4.18. The lowest BCUT2D eigenvalue weighted by Crippen LogP contribution is -2.12. The maximum Gasteiger partial charge on any atom is 0.197 e. The number of hydrogen-bond acceptors (Lipinski definition) is 1. The van der Waals surface area contributed by atoms with Crippen LogP contribution in [0.15, 0.2) is 47.3 Å². The summed E-state index contributed by atoms with van der Waals surface area (Å²) in [7, 11) is 0. The molecule has 0 aliphatic heterocycles. The molecule has 0 aliphatic carbocycles. The van der Waals surface area contributed by atoms with E-state index >= 15 is 0 Å². The van der Waals surface area contributed by atoms with Gasteiger partial charge >= 0.3 is 0 Å². The monoisotopic (exact) mass is 279 g/mol. The van der Waals surface area contributed by atoms with Crippen molar-refractivity contribution in [3.05, 3.63) is 58.3 Å². The van der Waals surface area contributed by atoms with Gasteiger partial charge in [0.25, 0.3) is 0 Å². The molecule has 3 aromatic rings. The van der Waals surface area contributed by atoms with Gasteiger partial charge in [-0.25, -0.2) is 0 Å². The Bertz CT molecular complexity index is 845. The highest BCUT2D eigenvalue weighted by molar-refractivity contribution is 5.93. The second kappa shape index (κ2) is 5.72. The van der Waals surface area contributed by atoms with Crippen LogP contribution in [0.3, 0.4) is 0 Å². The molecule has 108 valence electrons. The summed E-state index contributed by atoms with van der Waals surface area (Å²) < 4.78 is 2.31. The van der Waals surface area contributed by atoms with Gasteiger partial charge in [-0.05, 0) is 42.7 Å². The number of rotatable bonds is 4. The lowest BCUT2D eigenvalue weighted by molar-refractivity contribution is 0.662. The number of para-hydroxylation sites is 1. The summed E-state index contributed by atoms with van der Waals surface area (Å²) >= 11 is 0. The van der Waals surface area contributed by atoms with Gasteiger partial charge in [-0.2, -0.15) is 0 Å². The first-order chi connectivity index (χ1) is 10.3. The van der Waals surface area contributed by atoms with Crippen LogP contribution in [0.25, 0.3) is 21.8 Å². The number of benzene rings is 2. The molecule has 0 aliphatic rings. The molecule has 2 heteroatoms. The van der Waals surface area contributed by atoms with Gasteiger partial charge in [-0.1, -0.05) is 38.5 Å². The van der Waals surface area contributed by atoms with E-state index in [0.717, 1.165) is 47.6 Å². The number of aryl methyl sites for hydroxylation is 2. The molecule has 21 heavy (non-hydrogen) atoms. The van der Waals surface area contributed by atoms with Gasteiger partial charge in [0.05, 0.1) is 11.0 Å². The Morgan fingerprint density at radius 1 is 0.952 bits per heavy atom. The maximum absolute atomic E-state index is 12.7. The Hall–Kier alpha value is -2.09. The average molecular weight is 279 g/mol. The van der Waals surface area contributed by atoms with E-state index in [1.54, 1.807) is 0 Å². The molecule has 0 amide bonds.